The van der Waals surface area contributed by atoms with Gasteiger partial charge in [0, 0.05) is 0 Å². The van der Waals surface area contributed by atoms with Crippen LogP contribution in [0.3, 0.4) is 0 Å². The SMILES string of the molecule is CC12CC(c3cccc(C(F)(F)F)c3)(C1)C2. The predicted molar refractivity (Wildman–Crippen MR) is 55.1 cm³/mol. The third kappa shape index (κ3) is 1.23. The maximum atomic E-state index is 12.6. The van der Waals surface area contributed by atoms with Crippen molar-refractivity contribution in [1.29, 1.82) is 0 Å². The Bertz CT molecular complexity index is 425. The maximum absolute atomic E-state index is 12.6. The third-order valence-electron chi connectivity index (χ3n) is 4.10. The third-order valence-corrected chi connectivity index (χ3v) is 4.10. The summed E-state index contributed by atoms with van der Waals surface area (Å²) in [5, 5.41) is 0. The van der Waals surface area contributed by atoms with Crippen LogP contribution < -0.4 is 0 Å². The van der Waals surface area contributed by atoms with Gasteiger partial charge in [0.05, 0.1) is 5.56 Å². The average molecular weight is 226 g/mol. The molecule has 0 nitrogen and oxygen atoms in total. The summed E-state index contributed by atoms with van der Waals surface area (Å²) in [6.07, 6.45) is -1.05. The van der Waals surface area contributed by atoms with E-state index in [9.17, 15) is 13.2 Å². The molecule has 3 heteroatoms. The molecule has 86 valence electrons. The molecular formula is C13H13F3. The Morgan fingerprint density at radius 3 is 2.25 bits per heavy atom. The summed E-state index contributed by atoms with van der Waals surface area (Å²) in [5.41, 5.74) is 0.871. The van der Waals surface area contributed by atoms with Gasteiger partial charge in [0.25, 0.3) is 0 Å². The van der Waals surface area contributed by atoms with Crippen LogP contribution in [0, 0.1) is 5.41 Å². The molecule has 0 radical (unpaired) electrons. The lowest BCUT2D eigenvalue weighted by molar-refractivity contribution is -0.139. The fourth-order valence-corrected chi connectivity index (χ4v) is 3.63. The van der Waals surface area contributed by atoms with Crippen LogP contribution in [-0.4, -0.2) is 0 Å². The summed E-state index contributed by atoms with van der Waals surface area (Å²) in [7, 11) is 0. The van der Waals surface area contributed by atoms with Gasteiger partial charge in [0.15, 0.2) is 0 Å². The van der Waals surface area contributed by atoms with Crippen LogP contribution in [-0.2, 0) is 11.6 Å². The lowest BCUT2D eigenvalue weighted by Crippen LogP contribution is -2.62. The van der Waals surface area contributed by atoms with E-state index in [2.05, 4.69) is 6.92 Å². The standard InChI is InChI=1S/C13H13F3/c1-11-6-12(7-11,8-11)9-3-2-4-10(5-9)13(14,15)16/h2-5H,6-8H2,1H3. The van der Waals surface area contributed by atoms with Crippen molar-refractivity contribution in [2.24, 2.45) is 5.41 Å². The van der Waals surface area contributed by atoms with Gasteiger partial charge in [0.1, 0.15) is 0 Å². The second kappa shape index (κ2) is 2.63. The molecule has 1 aromatic rings. The Morgan fingerprint density at radius 1 is 1.12 bits per heavy atom. The van der Waals surface area contributed by atoms with Gasteiger partial charge in [-0.05, 0) is 41.7 Å². The van der Waals surface area contributed by atoms with Crippen molar-refractivity contribution in [3.05, 3.63) is 35.4 Å². The average Bonchev–Trinajstić information content (AvgIpc) is 2.10. The number of hydrogen-bond acceptors (Lipinski definition) is 0. The summed E-state index contributed by atoms with van der Waals surface area (Å²) in [4.78, 5) is 0. The normalized spacial score (nSPS) is 36.5. The fraction of sp³-hybridized carbons (Fsp3) is 0.538. The van der Waals surface area contributed by atoms with Gasteiger partial charge in [-0.25, -0.2) is 0 Å². The Labute approximate surface area is 92.5 Å². The molecule has 0 aliphatic heterocycles. The molecule has 0 spiro atoms. The topological polar surface area (TPSA) is 0 Å². The zero-order chi connectivity index (χ0) is 11.6. The van der Waals surface area contributed by atoms with Crippen LogP contribution in [0.1, 0.15) is 37.3 Å². The zero-order valence-electron chi connectivity index (χ0n) is 9.06. The highest BCUT2D eigenvalue weighted by molar-refractivity contribution is 5.40. The van der Waals surface area contributed by atoms with E-state index >= 15 is 0 Å². The summed E-state index contributed by atoms with van der Waals surface area (Å²) in [6, 6.07) is 5.85. The molecule has 1 aromatic carbocycles. The van der Waals surface area contributed by atoms with E-state index < -0.39 is 11.7 Å². The summed E-state index contributed by atoms with van der Waals surface area (Å²) >= 11 is 0. The van der Waals surface area contributed by atoms with Crippen molar-refractivity contribution in [2.45, 2.75) is 37.8 Å². The Morgan fingerprint density at radius 2 is 1.75 bits per heavy atom. The highest BCUT2D eigenvalue weighted by Crippen LogP contribution is 2.73. The Balaban J connectivity index is 1.93. The first kappa shape index (κ1) is 10.2. The molecule has 16 heavy (non-hydrogen) atoms. The minimum absolute atomic E-state index is 0.0794. The summed E-state index contributed by atoms with van der Waals surface area (Å²) in [6.45, 7) is 2.21. The number of hydrogen-bond donors (Lipinski definition) is 0. The largest absolute Gasteiger partial charge is 0.416 e. The van der Waals surface area contributed by atoms with Crippen LogP contribution in [0.15, 0.2) is 24.3 Å². The van der Waals surface area contributed by atoms with Gasteiger partial charge in [-0.2, -0.15) is 13.2 Å². The van der Waals surface area contributed by atoms with Gasteiger partial charge in [-0.15, -0.1) is 0 Å². The van der Waals surface area contributed by atoms with E-state index in [-0.39, 0.29) is 5.41 Å². The lowest BCUT2D eigenvalue weighted by Gasteiger charge is -2.70. The maximum Gasteiger partial charge on any atom is 0.416 e. The monoisotopic (exact) mass is 226 g/mol. The molecule has 0 N–H and O–H groups in total. The van der Waals surface area contributed by atoms with Crippen LogP contribution in [0.4, 0.5) is 13.2 Å². The van der Waals surface area contributed by atoms with E-state index in [0.717, 1.165) is 30.9 Å². The molecule has 4 rings (SSSR count). The van der Waals surface area contributed by atoms with Crippen molar-refractivity contribution in [1.82, 2.24) is 0 Å². The molecule has 3 aliphatic rings. The predicted octanol–water partition coefficient (Wildman–Crippen LogP) is 4.15. The number of alkyl halides is 3. The molecule has 3 fully saturated rings. The van der Waals surface area contributed by atoms with E-state index in [4.69, 9.17) is 0 Å². The first-order valence-corrected chi connectivity index (χ1v) is 5.51. The smallest absolute Gasteiger partial charge is 0.166 e. The van der Waals surface area contributed by atoms with Crippen molar-refractivity contribution in [3.63, 3.8) is 0 Å². The second-order valence-corrected chi connectivity index (χ2v) is 5.70. The first-order valence-electron chi connectivity index (χ1n) is 5.51. The molecule has 3 aliphatic carbocycles. The molecule has 0 unspecified atom stereocenters. The van der Waals surface area contributed by atoms with E-state index in [1.807, 2.05) is 6.07 Å². The minimum atomic E-state index is -4.22. The van der Waals surface area contributed by atoms with Gasteiger partial charge in [0.2, 0.25) is 0 Å². The molecular weight excluding hydrogens is 213 g/mol. The molecule has 0 aromatic heterocycles. The van der Waals surface area contributed by atoms with Crippen molar-refractivity contribution >= 4 is 0 Å². The van der Waals surface area contributed by atoms with Crippen LogP contribution >= 0.6 is 0 Å². The number of halogens is 3. The fourth-order valence-electron chi connectivity index (χ4n) is 3.63. The van der Waals surface area contributed by atoms with Gasteiger partial charge < -0.3 is 0 Å². The molecule has 0 saturated heterocycles. The highest BCUT2D eigenvalue weighted by Gasteiger charge is 2.65. The lowest BCUT2D eigenvalue weighted by atomic mass is 9.34. The van der Waals surface area contributed by atoms with E-state index in [0.29, 0.717) is 5.41 Å². The second-order valence-electron chi connectivity index (χ2n) is 5.70. The minimum Gasteiger partial charge on any atom is -0.166 e. The first-order chi connectivity index (χ1) is 7.33. The van der Waals surface area contributed by atoms with Crippen molar-refractivity contribution in [2.75, 3.05) is 0 Å². The van der Waals surface area contributed by atoms with Gasteiger partial charge in [-0.1, -0.05) is 25.1 Å². The van der Waals surface area contributed by atoms with E-state index in [1.165, 1.54) is 12.1 Å². The number of benzene rings is 1. The molecule has 2 bridgehead atoms. The molecule has 0 amide bonds. The number of rotatable bonds is 1. The van der Waals surface area contributed by atoms with Gasteiger partial charge in [-0.3, -0.25) is 0 Å². The molecule has 0 heterocycles. The van der Waals surface area contributed by atoms with Crippen LogP contribution in [0.2, 0.25) is 0 Å². The van der Waals surface area contributed by atoms with Crippen molar-refractivity contribution in [3.8, 4) is 0 Å². The van der Waals surface area contributed by atoms with Gasteiger partial charge >= 0.3 is 6.18 Å². The highest BCUT2D eigenvalue weighted by atomic mass is 19.4. The molecule has 3 saturated carbocycles. The Kier molecular flexibility index (Phi) is 1.68. The van der Waals surface area contributed by atoms with Crippen molar-refractivity contribution < 1.29 is 13.2 Å². The summed E-state index contributed by atoms with van der Waals surface area (Å²) < 4.78 is 37.7. The zero-order valence-corrected chi connectivity index (χ0v) is 9.06. The molecule has 0 atom stereocenters. The van der Waals surface area contributed by atoms with Crippen LogP contribution in [0.25, 0.3) is 0 Å². The van der Waals surface area contributed by atoms with E-state index in [1.54, 1.807) is 0 Å². The summed E-state index contributed by atoms with van der Waals surface area (Å²) in [5.74, 6) is 0. The Hall–Kier alpha value is -0.990. The van der Waals surface area contributed by atoms with Crippen LogP contribution in [0.5, 0.6) is 0 Å². The quantitative estimate of drug-likeness (QED) is 0.674.